The minimum Gasteiger partial charge on any atom is -0.357 e. The summed E-state index contributed by atoms with van der Waals surface area (Å²) in [4.78, 5) is 0. The maximum absolute atomic E-state index is 5.65. The lowest BCUT2D eigenvalue weighted by Gasteiger charge is -2.07. The Kier molecular flexibility index (Phi) is 2.96. The lowest BCUT2D eigenvalue weighted by molar-refractivity contribution is 0.105. The van der Waals surface area contributed by atoms with Gasteiger partial charge in [0.05, 0.1) is 6.10 Å². The summed E-state index contributed by atoms with van der Waals surface area (Å²) in [6.45, 7) is 0. The number of rotatable bonds is 1. The van der Waals surface area contributed by atoms with E-state index < -0.39 is 0 Å². The minimum atomic E-state index is -0.184. The predicted molar refractivity (Wildman–Crippen MR) is 42.6 cm³/mol. The van der Waals surface area contributed by atoms with Crippen molar-refractivity contribution in [2.75, 3.05) is 5.88 Å². The number of alkyl halides is 2. The summed E-state index contributed by atoms with van der Waals surface area (Å²) >= 11 is 15.4. The molecule has 54 valence electrons. The largest absolute Gasteiger partial charge is 0.357 e. The second-order valence-electron chi connectivity index (χ2n) is 2.04. The normalized spacial score (nSPS) is 43.7. The molecular weight excluding hydrogens is 179 g/mol. The highest BCUT2D eigenvalue weighted by Crippen LogP contribution is 2.27. The molecule has 1 rings (SSSR count). The second kappa shape index (κ2) is 3.33. The molecule has 9 heavy (non-hydrogen) atoms. The third-order valence-electron chi connectivity index (χ3n) is 1.33. The van der Waals surface area contributed by atoms with Crippen LogP contribution in [-0.4, -0.2) is 22.8 Å². The van der Waals surface area contributed by atoms with Gasteiger partial charge in [0.15, 0.2) is 0 Å². The molecule has 0 amide bonds. The average molecular weight is 187 g/mol. The van der Waals surface area contributed by atoms with Gasteiger partial charge in [-0.3, -0.25) is 0 Å². The van der Waals surface area contributed by atoms with Crippen LogP contribution in [0.1, 0.15) is 6.42 Å². The molecule has 0 saturated carbocycles. The van der Waals surface area contributed by atoms with Gasteiger partial charge in [0.2, 0.25) is 0 Å². The van der Waals surface area contributed by atoms with E-state index in [4.69, 9.17) is 27.9 Å². The number of ether oxygens (including phenoxy) is 1. The summed E-state index contributed by atoms with van der Waals surface area (Å²) in [5, 5.41) is 0.213. The third kappa shape index (κ3) is 1.90. The number of hydrogen-bond acceptors (Lipinski definition) is 2. The van der Waals surface area contributed by atoms with Gasteiger partial charge in [-0.15, -0.1) is 11.6 Å². The monoisotopic (exact) mass is 186 g/mol. The average Bonchev–Trinajstić information content (AvgIpc) is 2.10. The van der Waals surface area contributed by atoms with Crippen LogP contribution < -0.4 is 0 Å². The Bertz CT molecular complexity index is 101. The van der Waals surface area contributed by atoms with Crippen LogP contribution in [0.5, 0.6) is 0 Å². The first-order valence-electron chi connectivity index (χ1n) is 2.77. The van der Waals surface area contributed by atoms with Gasteiger partial charge in [-0.05, 0) is 0 Å². The summed E-state index contributed by atoms with van der Waals surface area (Å²) in [5.41, 5.74) is -0.184. The first kappa shape index (κ1) is 7.99. The van der Waals surface area contributed by atoms with Crippen molar-refractivity contribution in [1.82, 2.24) is 0 Å². The summed E-state index contributed by atoms with van der Waals surface area (Å²) in [7, 11) is 0. The van der Waals surface area contributed by atoms with Gasteiger partial charge in [-0.2, -0.15) is 12.6 Å². The summed E-state index contributed by atoms with van der Waals surface area (Å²) in [6, 6.07) is 0. The van der Waals surface area contributed by atoms with E-state index in [-0.39, 0.29) is 16.9 Å². The molecule has 1 heterocycles. The van der Waals surface area contributed by atoms with Crippen molar-refractivity contribution in [3.05, 3.63) is 0 Å². The molecular formula is C5H8Cl2OS. The van der Waals surface area contributed by atoms with Gasteiger partial charge >= 0.3 is 0 Å². The quantitative estimate of drug-likeness (QED) is 0.487. The SMILES string of the molecule is SC1CC(Cl)OC1CCl. The Morgan fingerprint density at radius 2 is 2.33 bits per heavy atom. The molecule has 1 aliphatic heterocycles. The summed E-state index contributed by atoms with van der Waals surface area (Å²) in [5.74, 6) is 0.484. The van der Waals surface area contributed by atoms with E-state index in [1.165, 1.54) is 0 Å². The van der Waals surface area contributed by atoms with Crippen LogP contribution >= 0.6 is 35.8 Å². The fraction of sp³-hybridized carbons (Fsp3) is 1.00. The van der Waals surface area contributed by atoms with Gasteiger partial charge in [0.1, 0.15) is 5.56 Å². The van der Waals surface area contributed by atoms with Gasteiger partial charge in [0, 0.05) is 17.6 Å². The molecule has 0 bridgehead atoms. The van der Waals surface area contributed by atoms with Crippen LogP contribution in [0.15, 0.2) is 0 Å². The lowest BCUT2D eigenvalue weighted by Crippen LogP contribution is -2.17. The van der Waals surface area contributed by atoms with Crippen molar-refractivity contribution in [2.45, 2.75) is 23.3 Å². The molecule has 0 aromatic rings. The molecule has 0 aromatic heterocycles. The molecule has 0 aromatic carbocycles. The standard InChI is InChI=1S/C5H8Cl2OS/c6-2-3-4(9)1-5(7)8-3/h3-5,9H,1-2H2. The minimum absolute atomic E-state index is 0.0394. The zero-order valence-corrected chi connectivity index (χ0v) is 7.16. The highest BCUT2D eigenvalue weighted by molar-refractivity contribution is 7.81. The van der Waals surface area contributed by atoms with Crippen molar-refractivity contribution < 1.29 is 4.74 Å². The molecule has 3 unspecified atom stereocenters. The van der Waals surface area contributed by atoms with E-state index in [0.29, 0.717) is 5.88 Å². The Hall–Kier alpha value is 0.890. The first-order chi connectivity index (χ1) is 4.24. The summed E-state index contributed by atoms with van der Waals surface area (Å²) in [6.07, 6.45) is 0.833. The molecule has 4 heteroatoms. The highest BCUT2D eigenvalue weighted by atomic mass is 35.5. The predicted octanol–water partition coefficient (Wildman–Crippen LogP) is 1.88. The van der Waals surface area contributed by atoms with Crippen molar-refractivity contribution >= 4 is 35.8 Å². The molecule has 0 N–H and O–H groups in total. The van der Waals surface area contributed by atoms with E-state index in [0.717, 1.165) is 6.42 Å². The number of halogens is 2. The topological polar surface area (TPSA) is 9.23 Å². The van der Waals surface area contributed by atoms with E-state index >= 15 is 0 Å². The van der Waals surface area contributed by atoms with Crippen LogP contribution in [-0.2, 0) is 4.74 Å². The summed E-state index contributed by atoms with van der Waals surface area (Å²) < 4.78 is 5.18. The van der Waals surface area contributed by atoms with Crippen molar-refractivity contribution in [1.29, 1.82) is 0 Å². The molecule has 1 aliphatic rings. The van der Waals surface area contributed by atoms with E-state index in [1.54, 1.807) is 0 Å². The molecule has 3 atom stereocenters. The van der Waals surface area contributed by atoms with Crippen LogP contribution in [0.3, 0.4) is 0 Å². The lowest BCUT2D eigenvalue weighted by atomic mass is 10.2. The smallest absolute Gasteiger partial charge is 0.132 e. The van der Waals surface area contributed by atoms with Crippen molar-refractivity contribution in [3.8, 4) is 0 Å². The Morgan fingerprint density at radius 1 is 1.67 bits per heavy atom. The molecule has 1 nitrogen and oxygen atoms in total. The Labute approximate surface area is 70.1 Å². The zero-order valence-electron chi connectivity index (χ0n) is 4.76. The van der Waals surface area contributed by atoms with E-state index in [2.05, 4.69) is 12.6 Å². The Morgan fingerprint density at radius 3 is 2.56 bits per heavy atom. The van der Waals surface area contributed by atoms with E-state index in [9.17, 15) is 0 Å². The van der Waals surface area contributed by atoms with E-state index in [1.807, 2.05) is 0 Å². The van der Waals surface area contributed by atoms with Crippen molar-refractivity contribution in [3.63, 3.8) is 0 Å². The Balaban J connectivity index is 2.38. The molecule has 1 saturated heterocycles. The molecule has 0 aliphatic carbocycles. The van der Waals surface area contributed by atoms with Crippen LogP contribution in [0.4, 0.5) is 0 Å². The van der Waals surface area contributed by atoms with Gasteiger partial charge in [-0.25, -0.2) is 0 Å². The van der Waals surface area contributed by atoms with Crippen molar-refractivity contribution in [2.24, 2.45) is 0 Å². The fourth-order valence-electron chi connectivity index (χ4n) is 0.817. The number of thiol groups is 1. The van der Waals surface area contributed by atoms with Gasteiger partial charge < -0.3 is 4.74 Å². The molecule has 1 fully saturated rings. The third-order valence-corrected chi connectivity index (χ3v) is 2.46. The fourth-order valence-corrected chi connectivity index (χ4v) is 2.04. The van der Waals surface area contributed by atoms with Gasteiger partial charge in [-0.1, -0.05) is 11.6 Å². The number of hydrogen-bond donors (Lipinski definition) is 1. The second-order valence-corrected chi connectivity index (χ2v) is 3.50. The van der Waals surface area contributed by atoms with Crippen LogP contribution in [0.2, 0.25) is 0 Å². The van der Waals surface area contributed by atoms with Crippen LogP contribution in [0, 0.1) is 0 Å². The maximum atomic E-state index is 5.65. The molecule has 0 radical (unpaired) electrons. The van der Waals surface area contributed by atoms with Gasteiger partial charge in [0.25, 0.3) is 0 Å². The highest BCUT2D eigenvalue weighted by Gasteiger charge is 2.30. The first-order valence-corrected chi connectivity index (χ1v) is 4.26. The maximum Gasteiger partial charge on any atom is 0.132 e. The molecule has 0 spiro atoms. The van der Waals surface area contributed by atoms with Crippen LogP contribution in [0.25, 0.3) is 0 Å². The zero-order chi connectivity index (χ0) is 6.85.